The van der Waals surface area contributed by atoms with Gasteiger partial charge in [0.1, 0.15) is 5.75 Å². The zero-order valence-corrected chi connectivity index (χ0v) is 10.9. The molecular weight excluding hydrogens is 214 g/mol. The summed E-state index contributed by atoms with van der Waals surface area (Å²) in [6, 6.07) is 8.17. The third-order valence-corrected chi connectivity index (χ3v) is 2.57. The van der Waals surface area contributed by atoms with E-state index in [0.717, 1.165) is 31.8 Å². The molecule has 0 atom stereocenters. The SMILES string of the molecule is CCCN(CCO)Cc1cccc(OCC)c1. The fourth-order valence-corrected chi connectivity index (χ4v) is 1.89. The Morgan fingerprint density at radius 1 is 1.24 bits per heavy atom. The Morgan fingerprint density at radius 2 is 2.06 bits per heavy atom. The van der Waals surface area contributed by atoms with Crippen molar-refractivity contribution in [3.05, 3.63) is 29.8 Å². The van der Waals surface area contributed by atoms with Crippen molar-refractivity contribution >= 4 is 0 Å². The van der Waals surface area contributed by atoms with E-state index in [1.807, 2.05) is 19.1 Å². The standard InChI is InChI=1S/C14H23NO2/c1-3-8-15(9-10-16)12-13-6-5-7-14(11-13)17-4-2/h5-7,11,16H,3-4,8-10,12H2,1-2H3. The van der Waals surface area contributed by atoms with Gasteiger partial charge in [-0.05, 0) is 37.6 Å². The number of aliphatic hydroxyl groups excluding tert-OH is 1. The van der Waals surface area contributed by atoms with E-state index in [1.54, 1.807) is 0 Å². The van der Waals surface area contributed by atoms with Crippen LogP contribution < -0.4 is 4.74 Å². The summed E-state index contributed by atoms with van der Waals surface area (Å²) in [5.41, 5.74) is 1.23. The quantitative estimate of drug-likeness (QED) is 0.753. The van der Waals surface area contributed by atoms with Crippen molar-refractivity contribution in [1.29, 1.82) is 0 Å². The second-order valence-corrected chi connectivity index (χ2v) is 4.08. The van der Waals surface area contributed by atoms with Crippen LogP contribution in [0.25, 0.3) is 0 Å². The van der Waals surface area contributed by atoms with E-state index < -0.39 is 0 Å². The highest BCUT2D eigenvalue weighted by molar-refractivity contribution is 5.28. The van der Waals surface area contributed by atoms with Gasteiger partial charge in [-0.15, -0.1) is 0 Å². The van der Waals surface area contributed by atoms with Crippen LogP contribution in [-0.2, 0) is 6.54 Å². The summed E-state index contributed by atoms with van der Waals surface area (Å²) in [7, 11) is 0. The minimum atomic E-state index is 0.213. The van der Waals surface area contributed by atoms with Crippen LogP contribution in [0.5, 0.6) is 5.75 Å². The van der Waals surface area contributed by atoms with Crippen molar-refractivity contribution in [3.8, 4) is 5.75 Å². The summed E-state index contributed by atoms with van der Waals surface area (Å²) in [4.78, 5) is 2.26. The molecule has 1 N–H and O–H groups in total. The largest absolute Gasteiger partial charge is 0.494 e. The van der Waals surface area contributed by atoms with Gasteiger partial charge in [-0.1, -0.05) is 19.1 Å². The highest BCUT2D eigenvalue weighted by atomic mass is 16.5. The first-order valence-electron chi connectivity index (χ1n) is 6.35. The first kappa shape index (κ1) is 14.0. The van der Waals surface area contributed by atoms with Crippen LogP contribution >= 0.6 is 0 Å². The molecule has 3 nitrogen and oxygen atoms in total. The first-order chi connectivity index (χ1) is 8.30. The number of hydrogen-bond donors (Lipinski definition) is 1. The molecular formula is C14H23NO2. The van der Waals surface area contributed by atoms with Gasteiger partial charge >= 0.3 is 0 Å². The predicted molar refractivity (Wildman–Crippen MR) is 70.3 cm³/mol. The Bertz CT molecular complexity index is 309. The molecule has 0 aliphatic rings. The Kier molecular flexibility index (Phi) is 6.67. The van der Waals surface area contributed by atoms with E-state index in [9.17, 15) is 0 Å². The van der Waals surface area contributed by atoms with E-state index in [-0.39, 0.29) is 6.61 Å². The molecule has 1 aromatic carbocycles. The Balaban J connectivity index is 2.60. The van der Waals surface area contributed by atoms with Crippen LogP contribution in [0.3, 0.4) is 0 Å². The maximum Gasteiger partial charge on any atom is 0.119 e. The summed E-state index contributed by atoms with van der Waals surface area (Å²) >= 11 is 0. The van der Waals surface area contributed by atoms with Gasteiger partial charge in [0, 0.05) is 13.1 Å². The molecule has 0 radical (unpaired) electrons. The molecule has 0 saturated heterocycles. The third kappa shape index (κ3) is 5.20. The number of rotatable bonds is 8. The molecule has 0 saturated carbocycles. The van der Waals surface area contributed by atoms with Crippen molar-refractivity contribution in [1.82, 2.24) is 4.90 Å². The summed E-state index contributed by atoms with van der Waals surface area (Å²) < 4.78 is 5.48. The van der Waals surface area contributed by atoms with Gasteiger partial charge in [0.25, 0.3) is 0 Å². The second-order valence-electron chi connectivity index (χ2n) is 4.08. The molecule has 0 heterocycles. The average molecular weight is 237 g/mol. The van der Waals surface area contributed by atoms with E-state index >= 15 is 0 Å². The molecule has 0 spiro atoms. The molecule has 3 heteroatoms. The molecule has 0 unspecified atom stereocenters. The molecule has 0 aliphatic heterocycles. The minimum Gasteiger partial charge on any atom is -0.494 e. The maximum atomic E-state index is 9.01. The molecule has 1 rings (SSSR count). The van der Waals surface area contributed by atoms with Crippen LogP contribution in [0, 0.1) is 0 Å². The highest BCUT2D eigenvalue weighted by Crippen LogP contribution is 2.15. The summed E-state index contributed by atoms with van der Waals surface area (Å²) in [5.74, 6) is 0.922. The predicted octanol–water partition coefficient (Wildman–Crippen LogP) is 2.29. The van der Waals surface area contributed by atoms with Gasteiger partial charge in [-0.3, -0.25) is 4.90 Å². The van der Waals surface area contributed by atoms with E-state index in [1.165, 1.54) is 5.56 Å². The Hall–Kier alpha value is -1.06. The van der Waals surface area contributed by atoms with Gasteiger partial charge in [-0.25, -0.2) is 0 Å². The molecule has 0 fully saturated rings. The highest BCUT2D eigenvalue weighted by Gasteiger charge is 2.05. The molecule has 1 aromatic rings. The van der Waals surface area contributed by atoms with Crippen LogP contribution in [0.4, 0.5) is 0 Å². The van der Waals surface area contributed by atoms with Gasteiger partial charge in [-0.2, -0.15) is 0 Å². The second kappa shape index (κ2) is 8.09. The molecule has 17 heavy (non-hydrogen) atoms. The van der Waals surface area contributed by atoms with Gasteiger partial charge < -0.3 is 9.84 Å². The minimum absolute atomic E-state index is 0.213. The van der Waals surface area contributed by atoms with Crippen LogP contribution in [0.2, 0.25) is 0 Å². The van der Waals surface area contributed by atoms with Gasteiger partial charge in [0.05, 0.1) is 13.2 Å². The lowest BCUT2D eigenvalue weighted by molar-refractivity contribution is 0.190. The topological polar surface area (TPSA) is 32.7 Å². The summed E-state index contributed by atoms with van der Waals surface area (Å²) in [6.45, 7) is 7.66. The zero-order valence-electron chi connectivity index (χ0n) is 10.9. The molecule has 96 valence electrons. The number of hydrogen-bond acceptors (Lipinski definition) is 3. The molecule has 0 bridgehead atoms. The molecule has 0 amide bonds. The lowest BCUT2D eigenvalue weighted by Gasteiger charge is -2.20. The van der Waals surface area contributed by atoms with Crippen LogP contribution in [0.1, 0.15) is 25.8 Å². The van der Waals surface area contributed by atoms with E-state index in [2.05, 4.69) is 24.0 Å². The lowest BCUT2D eigenvalue weighted by atomic mass is 10.2. The monoisotopic (exact) mass is 237 g/mol. The molecule has 0 aliphatic carbocycles. The van der Waals surface area contributed by atoms with Gasteiger partial charge in [0.2, 0.25) is 0 Å². The smallest absolute Gasteiger partial charge is 0.119 e. The van der Waals surface area contributed by atoms with Crippen molar-refractivity contribution in [2.24, 2.45) is 0 Å². The summed E-state index contributed by atoms with van der Waals surface area (Å²) in [5, 5.41) is 9.01. The Labute approximate surface area is 104 Å². The van der Waals surface area contributed by atoms with Gasteiger partial charge in [0.15, 0.2) is 0 Å². The first-order valence-corrected chi connectivity index (χ1v) is 6.35. The van der Waals surface area contributed by atoms with Crippen molar-refractivity contribution < 1.29 is 9.84 Å². The number of ether oxygens (including phenoxy) is 1. The molecule has 0 aromatic heterocycles. The van der Waals surface area contributed by atoms with E-state index in [0.29, 0.717) is 6.61 Å². The van der Waals surface area contributed by atoms with Crippen LogP contribution in [-0.4, -0.2) is 36.3 Å². The van der Waals surface area contributed by atoms with Crippen molar-refractivity contribution in [2.45, 2.75) is 26.8 Å². The van der Waals surface area contributed by atoms with Crippen molar-refractivity contribution in [3.63, 3.8) is 0 Å². The maximum absolute atomic E-state index is 9.01. The van der Waals surface area contributed by atoms with E-state index in [4.69, 9.17) is 9.84 Å². The fourth-order valence-electron chi connectivity index (χ4n) is 1.89. The van der Waals surface area contributed by atoms with Crippen LogP contribution in [0.15, 0.2) is 24.3 Å². The fraction of sp³-hybridized carbons (Fsp3) is 0.571. The number of benzene rings is 1. The number of aliphatic hydroxyl groups is 1. The third-order valence-electron chi connectivity index (χ3n) is 2.57. The zero-order chi connectivity index (χ0) is 12.5. The Morgan fingerprint density at radius 3 is 2.71 bits per heavy atom. The normalized spacial score (nSPS) is 10.8. The number of nitrogens with zero attached hydrogens (tertiary/aromatic N) is 1. The average Bonchev–Trinajstić information content (AvgIpc) is 2.30. The van der Waals surface area contributed by atoms with Crippen molar-refractivity contribution in [2.75, 3.05) is 26.3 Å². The lowest BCUT2D eigenvalue weighted by Crippen LogP contribution is -2.27. The summed E-state index contributed by atoms with van der Waals surface area (Å²) in [6.07, 6.45) is 1.10.